The molecule has 1 atom stereocenters. The van der Waals surface area contributed by atoms with E-state index >= 15 is 0 Å². The van der Waals surface area contributed by atoms with E-state index in [0.29, 0.717) is 41.6 Å². The van der Waals surface area contributed by atoms with Crippen molar-refractivity contribution in [3.63, 3.8) is 0 Å². The summed E-state index contributed by atoms with van der Waals surface area (Å²) < 4.78 is 7.55. The number of hydrogen-bond donors (Lipinski definition) is 3. The number of nitrogens with one attached hydrogen (secondary N) is 3. The summed E-state index contributed by atoms with van der Waals surface area (Å²) in [5.74, 6) is 0.619. The molecule has 0 unspecified atom stereocenters. The topological polar surface area (TPSA) is 121 Å². The van der Waals surface area contributed by atoms with Gasteiger partial charge in [0.15, 0.2) is 5.16 Å². The molecule has 1 aliphatic rings. The normalized spacial score (nSPS) is 14.9. The van der Waals surface area contributed by atoms with Gasteiger partial charge in [0, 0.05) is 18.8 Å². The van der Waals surface area contributed by atoms with Gasteiger partial charge in [-0.05, 0) is 30.7 Å². The number of imidazole rings is 1. The lowest BCUT2D eigenvalue weighted by molar-refractivity contribution is -0.115. The van der Waals surface area contributed by atoms with E-state index in [2.05, 4.69) is 47.1 Å². The SMILES string of the molecule is C[C@H](Sc1nnc(N2CCOCC2)n1Cc1ccccc1)C(=O)Nc1ccc2[nH]c(=O)[nH]c2c1. The predicted molar refractivity (Wildman–Crippen MR) is 131 cm³/mol. The molecule has 176 valence electrons. The molecule has 1 fully saturated rings. The Morgan fingerprint density at radius 2 is 1.88 bits per heavy atom. The predicted octanol–water partition coefficient (Wildman–Crippen LogP) is 2.45. The summed E-state index contributed by atoms with van der Waals surface area (Å²) in [7, 11) is 0. The van der Waals surface area contributed by atoms with Gasteiger partial charge in [-0.1, -0.05) is 42.1 Å². The summed E-state index contributed by atoms with van der Waals surface area (Å²) in [6, 6.07) is 15.4. The molecule has 2 aromatic carbocycles. The van der Waals surface area contributed by atoms with Crippen LogP contribution in [-0.2, 0) is 16.1 Å². The third-order valence-electron chi connectivity index (χ3n) is 5.61. The molecule has 4 aromatic rings. The second-order valence-electron chi connectivity index (χ2n) is 8.04. The van der Waals surface area contributed by atoms with E-state index in [0.717, 1.165) is 24.6 Å². The Bertz CT molecular complexity index is 1340. The van der Waals surface area contributed by atoms with Crippen LogP contribution in [0.3, 0.4) is 0 Å². The molecule has 0 aliphatic carbocycles. The molecule has 1 saturated heterocycles. The molecular formula is C23H25N7O3S. The van der Waals surface area contributed by atoms with E-state index in [4.69, 9.17) is 4.74 Å². The van der Waals surface area contributed by atoms with E-state index in [-0.39, 0.29) is 11.6 Å². The van der Waals surface area contributed by atoms with Crippen LogP contribution >= 0.6 is 11.8 Å². The summed E-state index contributed by atoms with van der Waals surface area (Å²) >= 11 is 1.36. The maximum atomic E-state index is 12.9. The first-order valence-electron chi connectivity index (χ1n) is 11.1. The fraction of sp³-hybridized carbons (Fsp3) is 0.304. The minimum absolute atomic E-state index is 0.163. The molecule has 3 heterocycles. The van der Waals surface area contributed by atoms with Crippen LogP contribution in [0.4, 0.5) is 11.6 Å². The van der Waals surface area contributed by atoms with Gasteiger partial charge in [0.1, 0.15) is 0 Å². The van der Waals surface area contributed by atoms with Crippen molar-refractivity contribution < 1.29 is 9.53 Å². The number of amides is 1. The molecule has 5 rings (SSSR count). The molecule has 0 bridgehead atoms. The second-order valence-corrected chi connectivity index (χ2v) is 9.35. The Labute approximate surface area is 199 Å². The van der Waals surface area contributed by atoms with Crippen molar-refractivity contribution in [1.29, 1.82) is 0 Å². The summed E-state index contributed by atoms with van der Waals surface area (Å²) in [6.07, 6.45) is 0. The third-order valence-corrected chi connectivity index (χ3v) is 6.69. The number of H-pyrrole nitrogens is 2. The summed E-state index contributed by atoms with van der Waals surface area (Å²) in [5.41, 5.74) is 2.79. The monoisotopic (exact) mass is 479 g/mol. The van der Waals surface area contributed by atoms with Gasteiger partial charge in [-0.25, -0.2) is 4.79 Å². The van der Waals surface area contributed by atoms with Crippen LogP contribution in [0, 0.1) is 0 Å². The minimum atomic E-state index is -0.419. The first kappa shape index (κ1) is 22.2. The van der Waals surface area contributed by atoms with Crippen molar-refractivity contribution in [2.45, 2.75) is 23.9 Å². The molecule has 11 heteroatoms. The number of ether oxygens (including phenoxy) is 1. The lowest BCUT2D eigenvalue weighted by Crippen LogP contribution is -2.38. The number of nitrogens with zero attached hydrogens (tertiary/aromatic N) is 4. The van der Waals surface area contributed by atoms with Gasteiger partial charge in [0.25, 0.3) is 0 Å². The minimum Gasteiger partial charge on any atom is -0.378 e. The Morgan fingerprint density at radius 1 is 1.12 bits per heavy atom. The molecule has 2 aromatic heterocycles. The maximum Gasteiger partial charge on any atom is 0.323 e. The van der Waals surface area contributed by atoms with Crippen LogP contribution < -0.4 is 15.9 Å². The molecule has 10 nitrogen and oxygen atoms in total. The number of carbonyl (C=O) groups is 1. The molecule has 0 radical (unpaired) electrons. The fourth-order valence-electron chi connectivity index (χ4n) is 3.84. The lowest BCUT2D eigenvalue weighted by Gasteiger charge is -2.28. The molecule has 1 aliphatic heterocycles. The van der Waals surface area contributed by atoms with Crippen molar-refractivity contribution in [2.75, 3.05) is 36.5 Å². The average molecular weight is 480 g/mol. The van der Waals surface area contributed by atoms with Gasteiger partial charge in [0.2, 0.25) is 11.9 Å². The highest BCUT2D eigenvalue weighted by atomic mass is 32.2. The van der Waals surface area contributed by atoms with Crippen LogP contribution in [-0.4, -0.2) is 62.2 Å². The number of hydrogen-bond acceptors (Lipinski definition) is 7. The van der Waals surface area contributed by atoms with Gasteiger partial charge in [-0.15, -0.1) is 10.2 Å². The summed E-state index contributed by atoms with van der Waals surface area (Å²) in [5, 5.41) is 12.1. The van der Waals surface area contributed by atoms with E-state index in [1.54, 1.807) is 18.2 Å². The molecule has 0 saturated carbocycles. The van der Waals surface area contributed by atoms with Crippen molar-refractivity contribution in [3.8, 4) is 0 Å². The summed E-state index contributed by atoms with van der Waals surface area (Å²) in [4.78, 5) is 32.0. The lowest BCUT2D eigenvalue weighted by atomic mass is 10.2. The van der Waals surface area contributed by atoms with Gasteiger partial charge >= 0.3 is 5.69 Å². The standard InChI is InChI=1S/C23H25N7O3S/c1-15(20(31)24-17-7-8-18-19(13-17)26-21(32)25-18)34-23-28-27-22(29-9-11-33-12-10-29)30(23)14-16-5-3-2-4-6-16/h2-8,13,15H,9-12,14H2,1H3,(H,24,31)(H2,25,26,32)/t15-/m0/s1. The van der Waals surface area contributed by atoms with E-state index in [1.165, 1.54) is 11.8 Å². The Balaban J connectivity index is 1.34. The second kappa shape index (κ2) is 9.74. The Hall–Kier alpha value is -3.57. The van der Waals surface area contributed by atoms with Crippen LogP contribution in [0.1, 0.15) is 12.5 Å². The third kappa shape index (κ3) is 4.85. The van der Waals surface area contributed by atoms with Crippen LogP contribution in [0.5, 0.6) is 0 Å². The van der Waals surface area contributed by atoms with E-state index in [1.807, 2.05) is 25.1 Å². The highest BCUT2D eigenvalue weighted by Gasteiger charge is 2.24. The number of rotatable bonds is 7. The smallest absolute Gasteiger partial charge is 0.323 e. The highest BCUT2D eigenvalue weighted by Crippen LogP contribution is 2.28. The number of aromatic nitrogens is 5. The number of carbonyl (C=O) groups excluding carboxylic acids is 1. The molecule has 3 N–H and O–H groups in total. The van der Waals surface area contributed by atoms with Gasteiger partial charge in [-0.3, -0.25) is 9.36 Å². The zero-order chi connectivity index (χ0) is 23.5. The Morgan fingerprint density at radius 3 is 2.68 bits per heavy atom. The van der Waals surface area contributed by atoms with Gasteiger partial charge in [0.05, 0.1) is 36.0 Å². The highest BCUT2D eigenvalue weighted by molar-refractivity contribution is 8.00. The number of anilines is 2. The molecule has 34 heavy (non-hydrogen) atoms. The van der Waals surface area contributed by atoms with Gasteiger partial charge in [-0.2, -0.15) is 0 Å². The first-order valence-corrected chi connectivity index (χ1v) is 11.9. The first-order chi connectivity index (χ1) is 16.6. The van der Waals surface area contributed by atoms with Gasteiger partial charge < -0.3 is 24.9 Å². The zero-order valence-electron chi connectivity index (χ0n) is 18.7. The van der Waals surface area contributed by atoms with Crippen molar-refractivity contribution >= 4 is 40.3 Å². The van der Waals surface area contributed by atoms with Crippen LogP contribution in [0.15, 0.2) is 58.5 Å². The fourth-order valence-corrected chi connectivity index (χ4v) is 4.68. The number of fused-ring (bicyclic) bond motifs is 1. The van der Waals surface area contributed by atoms with Crippen LogP contribution in [0.25, 0.3) is 11.0 Å². The molecule has 0 spiro atoms. The molecular weight excluding hydrogens is 454 g/mol. The number of benzene rings is 2. The van der Waals surface area contributed by atoms with E-state index < -0.39 is 5.25 Å². The quantitative estimate of drug-likeness (QED) is 0.348. The van der Waals surface area contributed by atoms with Crippen molar-refractivity contribution in [3.05, 3.63) is 64.6 Å². The number of morpholine rings is 1. The zero-order valence-corrected chi connectivity index (χ0v) is 19.5. The van der Waals surface area contributed by atoms with Crippen LogP contribution in [0.2, 0.25) is 0 Å². The molecule has 1 amide bonds. The van der Waals surface area contributed by atoms with E-state index in [9.17, 15) is 9.59 Å². The number of aromatic amines is 2. The van der Waals surface area contributed by atoms with Crippen molar-refractivity contribution in [2.24, 2.45) is 0 Å². The Kier molecular flexibility index (Phi) is 6.37. The largest absolute Gasteiger partial charge is 0.378 e. The summed E-state index contributed by atoms with van der Waals surface area (Å²) in [6.45, 7) is 5.24. The van der Waals surface area contributed by atoms with Crippen molar-refractivity contribution in [1.82, 2.24) is 24.7 Å². The number of thioether (sulfide) groups is 1. The maximum absolute atomic E-state index is 12.9. The average Bonchev–Trinajstić information content (AvgIpc) is 3.42.